The Hall–Kier alpha value is -3.40. The molecule has 0 amide bonds. The molecule has 1 saturated heterocycles. The Bertz CT molecular complexity index is 1220. The Morgan fingerprint density at radius 3 is 2.65 bits per heavy atom. The van der Waals surface area contributed by atoms with Gasteiger partial charge < -0.3 is 20.5 Å². The molecule has 1 spiro atoms. The van der Waals surface area contributed by atoms with E-state index in [0.29, 0.717) is 11.4 Å². The van der Waals surface area contributed by atoms with Crippen LogP contribution in [0.4, 0.5) is 5.82 Å². The van der Waals surface area contributed by atoms with Crippen LogP contribution in [0.15, 0.2) is 54.7 Å². The van der Waals surface area contributed by atoms with Crippen LogP contribution in [0.25, 0.3) is 0 Å². The van der Waals surface area contributed by atoms with Crippen LogP contribution in [0.2, 0.25) is 0 Å². The molecule has 1 aliphatic heterocycles. The predicted octanol–water partition coefficient (Wildman–Crippen LogP) is 3.55. The van der Waals surface area contributed by atoms with Gasteiger partial charge in [0.05, 0.1) is 12.8 Å². The van der Waals surface area contributed by atoms with E-state index in [-0.39, 0.29) is 24.7 Å². The lowest BCUT2D eigenvalue weighted by atomic mass is 9.73. The van der Waals surface area contributed by atoms with E-state index in [4.69, 9.17) is 10.5 Å². The minimum atomic E-state index is -0.176. The number of nitrogens with zero attached hydrogens (tertiary/aromatic N) is 3. The molecule has 2 aromatic carbocycles. The number of aliphatic hydroxyl groups is 1. The van der Waals surface area contributed by atoms with Gasteiger partial charge in [-0.3, -0.25) is 0 Å². The molecule has 1 aliphatic carbocycles. The fourth-order valence-corrected chi connectivity index (χ4v) is 5.20. The van der Waals surface area contributed by atoms with E-state index in [1.54, 1.807) is 6.20 Å². The average Bonchev–Trinajstić information content (AvgIpc) is 3.14. The maximum atomic E-state index is 9.96. The van der Waals surface area contributed by atoms with E-state index >= 15 is 0 Å². The maximum absolute atomic E-state index is 9.96. The van der Waals surface area contributed by atoms with Crippen molar-refractivity contribution >= 4 is 5.82 Å². The zero-order valence-corrected chi connectivity index (χ0v) is 19.5. The Kier molecular flexibility index (Phi) is 6.23. The highest BCUT2D eigenvalue weighted by Gasteiger charge is 2.46. The van der Waals surface area contributed by atoms with Crippen LogP contribution in [0.1, 0.15) is 47.0 Å². The zero-order chi connectivity index (χ0) is 23.5. The second-order valence-corrected chi connectivity index (χ2v) is 9.29. The molecule has 34 heavy (non-hydrogen) atoms. The van der Waals surface area contributed by atoms with E-state index < -0.39 is 0 Å². The van der Waals surface area contributed by atoms with Gasteiger partial charge in [0, 0.05) is 19.1 Å². The first-order chi connectivity index (χ1) is 16.6. The predicted molar refractivity (Wildman–Crippen MR) is 132 cm³/mol. The molecule has 0 radical (unpaired) electrons. The minimum absolute atomic E-state index is 0.0778. The average molecular weight is 455 g/mol. The molecule has 6 heteroatoms. The molecule has 0 saturated carbocycles. The summed E-state index contributed by atoms with van der Waals surface area (Å²) < 4.78 is 5.65. The molecule has 1 atom stereocenters. The summed E-state index contributed by atoms with van der Waals surface area (Å²) in [5, 5.41) is 9.96. The van der Waals surface area contributed by atoms with Crippen LogP contribution >= 0.6 is 0 Å². The summed E-state index contributed by atoms with van der Waals surface area (Å²) >= 11 is 0. The highest BCUT2D eigenvalue weighted by molar-refractivity contribution is 5.47. The summed E-state index contributed by atoms with van der Waals surface area (Å²) in [4.78, 5) is 11.4. The molecule has 0 bridgehead atoms. The van der Waals surface area contributed by atoms with Gasteiger partial charge in [0.1, 0.15) is 23.7 Å². The smallest absolute Gasteiger partial charge is 0.152 e. The Morgan fingerprint density at radius 1 is 1.15 bits per heavy atom. The zero-order valence-electron chi connectivity index (χ0n) is 19.5. The van der Waals surface area contributed by atoms with Gasteiger partial charge in [-0.15, -0.1) is 0 Å². The number of hydrogen-bond acceptors (Lipinski definition) is 6. The lowest BCUT2D eigenvalue weighted by molar-refractivity contribution is 0.186. The number of aryl methyl sites for hydroxylation is 1. The number of fused-ring (bicyclic) bond motifs is 1. The molecule has 1 unspecified atom stereocenters. The largest absolute Gasteiger partial charge is 0.481 e. The van der Waals surface area contributed by atoms with Gasteiger partial charge in [-0.25, -0.2) is 9.97 Å². The van der Waals surface area contributed by atoms with Crippen LogP contribution in [0, 0.1) is 24.2 Å². The topological polar surface area (TPSA) is 84.5 Å². The molecule has 5 rings (SSSR count). The van der Waals surface area contributed by atoms with Crippen LogP contribution in [-0.2, 0) is 13.0 Å². The molecule has 3 aromatic rings. The van der Waals surface area contributed by atoms with Crippen LogP contribution < -0.4 is 15.4 Å². The van der Waals surface area contributed by atoms with Crippen LogP contribution in [0.3, 0.4) is 0 Å². The summed E-state index contributed by atoms with van der Waals surface area (Å²) in [6.45, 7) is 3.81. The number of aromatic nitrogens is 2. The summed E-state index contributed by atoms with van der Waals surface area (Å²) in [7, 11) is 0. The van der Waals surface area contributed by atoms with Crippen molar-refractivity contribution in [2.45, 2.75) is 38.8 Å². The number of piperidine rings is 1. The standard InChI is InChI=1S/C28H30N4O2/c1-20-8-10-23(11-9-20)34-16-4-6-22-18-30-27(25(19-33)31-22)32-14-12-28(13-15-32)17-21-5-2-3-7-24(21)26(28)29/h2-3,5,7-11,18,26,33H,12-17,19,29H2,1H3. The third-order valence-electron chi connectivity index (χ3n) is 7.17. The van der Waals surface area contributed by atoms with Crippen molar-refractivity contribution in [1.29, 1.82) is 0 Å². The van der Waals surface area contributed by atoms with Gasteiger partial charge in [0.15, 0.2) is 5.82 Å². The molecular weight excluding hydrogens is 424 g/mol. The Morgan fingerprint density at radius 2 is 1.91 bits per heavy atom. The van der Waals surface area contributed by atoms with Crippen LogP contribution in [0.5, 0.6) is 5.75 Å². The van der Waals surface area contributed by atoms with Crippen molar-refractivity contribution < 1.29 is 9.84 Å². The highest BCUT2D eigenvalue weighted by Crippen LogP contribution is 2.50. The fraction of sp³-hybridized carbons (Fsp3) is 0.357. The third kappa shape index (κ3) is 4.37. The van der Waals surface area contributed by atoms with E-state index in [2.05, 4.69) is 51.0 Å². The first kappa shape index (κ1) is 22.4. The molecule has 3 N–H and O–H groups in total. The maximum Gasteiger partial charge on any atom is 0.152 e. The first-order valence-corrected chi connectivity index (χ1v) is 11.8. The molecule has 1 fully saturated rings. The first-order valence-electron chi connectivity index (χ1n) is 11.8. The number of ether oxygens (including phenoxy) is 1. The fourth-order valence-electron chi connectivity index (χ4n) is 5.20. The van der Waals surface area contributed by atoms with Crippen molar-refractivity contribution in [2.24, 2.45) is 11.1 Å². The molecule has 1 aromatic heterocycles. The SMILES string of the molecule is Cc1ccc(OCC#Cc2cnc(N3CCC4(CC3)Cc3ccccc3C4N)c(CO)n2)cc1. The van der Waals surface area contributed by atoms with E-state index in [0.717, 1.165) is 43.9 Å². The van der Waals surface area contributed by atoms with Gasteiger partial charge in [0.25, 0.3) is 0 Å². The lowest BCUT2D eigenvalue weighted by Crippen LogP contribution is -2.45. The van der Waals surface area contributed by atoms with Gasteiger partial charge in [-0.1, -0.05) is 47.9 Å². The van der Waals surface area contributed by atoms with E-state index in [1.807, 2.05) is 31.2 Å². The monoisotopic (exact) mass is 454 g/mol. The summed E-state index contributed by atoms with van der Waals surface area (Å²) in [5.74, 6) is 7.49. The third-order valence-corrected chi connectivity index (χ3v) is 7.17. The minimum Gasteiger partial charge on any atom is -0.481 e. The van der Waals surface area contributed by atoms with E-state index in [1.165, 1.54) is 16.7 Å². The summed E-state index contributed by atoms with van der Waals surface area (Å²) in [6, 6.07) is 16.5. The second kappa shape index (κ2) is 9.46. The summed E-state index contributed by atoms with van der Waals surface area (Å²) in [5.41, 5.74) is 11.8. The summed E-state index contributed by atoms with van der Waals surface area (Å²) in [6.07, 6.45) is 4.70. The van der Waals surface area contributed by atoms with Crippen molar-refractivity contribution in [3.8, 4) is 17.6 Å². The van der Waals surface area contributed by atoms with E-state index in [9.17, 15) is 5.11 Å². The lowest BCUT2D eigenvalue weighted by Gasteiger charge is -2.42. The van der Waals surface area contributed by atoms with Gasteiger partial charge in [-0.2, -0.15) is 0 Å². The number of hydrogen-bond donors (Lipinski definition) is 2. The highest BCUT2D eigenvalue weighted by atomic mass is 16.5. The normalized spacial score (nSPS) is 18.3. The Balaban J connectivity index is 1.23. The number of nitrogens with two attached hydrogens (primary N) is 1. The van der Waals surface area contributed by atoms with Crippen molar-refractivity contribution in [2.75, 3.05) is 24.6 Å². The quantitative estimate of drug-likeness (QED) is 0.587. The van der Waals surface area contributed by atoms with Crippen LogP contribution in [-0.4, -0.2) is 34.8 Å². The number of rotatable bonds is 4. The molecular formula is C28H30N4O2. The molecule has 174 valence electrons. The van der Waals surface area contributed by atoms with Gasteiger partial charge in [0.2, 0.25) is 0 Å². The molecule has 2 heterocycles. The number of anilines is 1. The number of benzene rings is 2. The van der Waals surface area contributed by atoms with Crippen molar-refractivity contribution in [3.63, 3.8) is 0 Å². The van der Waals surface area contributed by atoms with Crippen molar-refractivity contribution in [3.05, 3.63) is 82.8 Å². The van der Waals surface area contributed by atoms with Gasteiger partial charge >= 0.3 is 0 Å². The molecule has 6 nitrogen and oxygen atoms in total. The number of aliphatic hydroxyl groups excluding tert-OH is 1. The second-order valence-electron chi connectivity index (χ2n) is 9.29. The van der Waals surface area contributed by atoms with Crippen molar-refractivity contribution in [1.82, 2.24) is 9.97 Å². The molecule has 2 aliphatic rings. The Labute approximate surface area is 200 Å². The van der Waals surface area contributed by atoms with Gasteiger partial charge in [-0.05, 0) is 60.8 Å².